The highest BCUT2D eigenvalue weighted by atomic mass is 32.2. The molecule has 132 valence electrons. The summed E-state index contributed by atoms with van der Waals surface area (Å²) in [5.74, 6) is -0.472. The molecule has 7 heteroatoms. The number of rotatable bonds is 5. The fourth-order valence-corrected chi connectivity index (χ4v) is 5.11. The number of likely N-dealkylation sites (tertiary alicyclic amines) is 1. The molecule has 1 aromatic rings. The van der Waals surface area contributed by atoms with Crippen LogP contribution in [0.25, 0.3) is 0 Å². The van der Waals surface area contributed by atoms with Gasteiger partial charge in [0, 0.05) is 33.7 Å². The number of nitrogens with zero attached hydrogens (tertiary/aromatic N) is 2. The Hall–Kier alpha value is -1.44. The highest BCUT2D eigenvalue weighted by molar-refractivity contribution is 7.89. The minimum Gasteiger partial charge on any atom is -0.481 e. The SMILES string of the molecule is CN(C)S(=O)(=O)c1cccc(CN2C[C@@H]3CCC[C@@]3(C(=O)O)C2)c1. The van der Waals surface area contributed by atoms with Crippen molar-refractivity contribution in [2.45, 2.75) is 30.7 Å². The van der Waals surface area contributed by atoms with Crippen molar-refractivity contribution in [3.05, 3.63) is 29.8 Å². The number of sulfonamides is 1. The van der Waals surface area contributed by atoms with Crippen LogP contribution in [0.1, 0.15) is 24.8 Å². The number of carboxylic acid groups (broad SMARTS) is 1. The molecule has 1 aliphatic heterocycles. The van der Waals surface area contributed by atoms with E-state index < -0.39 is 21.4 Å². The summed E-state index contributed by atoms with van der Waals surface area (Å²) in [5.41, 5.74) is 0.297. The number of carbonyl (C=O) groups is 1. The summed E-state index contributed by atoms with van der Waals surface area (Å²) in [6.07, 6.45) is 2.71. The second kappa shape index (κ2) is 6.13. The zero-order valence-electron chi connectivity index (χ0n) is 14.1. The third kappa shape index (κ3) is 2.85. The molecule has 1 heterocycles. The summed E-state index contributed by atoms with van der Waals surface area (Å²) in [5, 5.41) is 9.66. The lowest BCUT2D eigenvalue weighted by atomic mass is 9.81. The molecule has 0 radical (unpaired) electrons. The van der Waals surface area contributed by atoms with Gasteiger partial charge in [0.15, 0.2) is 0 Å². The van der Waals surface area contributed by atoms with Crippen molar-refractivity contribution in [1.82, 2.24) is 9.21 Å². The summed E-state index contributed by atoms with van der Waals surface area (Å²) in [6.45, 7) is 1.91. The number of hydrogen-bond donors (Lipinski definition) is 1. The van der Waals surface area contributed by atoms with E-state index in [1.807, 2.05) is 6.07 Å². The zero-order valence-corrected chi connectivity index (χ0v) is 14.9. The Balaban J connectivity index is 1.78. The van der Waals surface area contributed by atoms with Crippen LogP contribution in [0.2, 0.25) is 0 Å². The molecule has 2 fully saturated rings. The smallest absolute Gasteiger partial charge is 0.311 e. The van der Waals surface area contributed by atoms with Gasteiger partial charge in [-0.05, 0) is 36.5 Å². The molecule has 0 unspecified atom stereocenters. The van der Waals surface area contributed by atoms with Crippen molar-refractivity contribution in [2.75, 3.05) is 27.2 Å². The summed E-state index contributed by atoms with van der Waals surface area (Å²) < 4.78 is 25.7. The molecule has 1 aromatic carbocycles. The number of aliphatic carboxylic acids is 1. The normalized spacial score (nSPS) is 27.5. The molecular weight excluding hydrogens is 328 g/mol. The second-order valence-electron chi connectivity index (χ2n) is 7.15. The van der Waals surface area contributed by atoms with Crippen molar-refractivity contribution in [2.24, 2.45) is 11.3 Å². The quantitative estimate of drug-likeness (QED) is 0.871. The van der Waals surface area contributed by atoms with Gasteiger partial charge < -0.3 is 5.11 Å². The highest BCUT2D eigenvalue weighted by Crippen LogP contribution is 2.49. The third-order valence-corrected chi connectivity index (χ3v) is 7.26. The average molecular weight is 352 g/mol. The molecule has 6 nitrogen and oxygen atoms in total. The lowest BCUT2D eigenvalue weighted by molar-refractivity contribution is -0.149. The van der Waals surface area contributed by atoms with Crippen LogP contribution in [0.4, 0.5) is 0 Å². The van der Waals surface area contributed by atoms with Gasteiger partial charge in [0.05, 0.1) is 10.3 Å². The van der Waals surface area contributed by atoms with Crippen LogP contribution in [0.15, 0.2) is 29.2 Å². The van der Waals surface area contributed by atoms with Crippen LogP contribution >= 0.6 is 0 Å². The van der Waals surface area contributed by atoms with Gasteiger partial charge in [-0.15, -0.1) is 0 Å². The van der Waals surface area contributed by atoms with Crippen molar-refractivity contribution < 1.29 is 18.3 Å². The maximum Gasteiger partial charge on any atom is 0.311 e. The van der Waals surface area contributed by atoms with E-state index in [0.29, 0.717) is 13.1 Å². The first kappa shape index (κ1) is 17.4. The summed E-state index contributed by atoms with van der Waals surface area (Å²) in [4.78, 5) is 14.2. The van der Waals surface area contributed by atoms with Crippen molar-refractivity contribution in [3.63, 3.8) is 0 Å². The van der Waals surface area contributed by atoms with Crippen molar-refractivity contribution in [3.8, 4) is 0 Å². The Labute approximate surface area is 143 Å². The molecule has 3 rings (SSSR count). The number of hydrogen-bond acceptors (Lipinski definition) is 4. The molecule has 0 spiro atoms. The number of benzene rings is 1. The first-order valence-corrected chi connectivity index (χ1v) is 9.67. The van der Waals surface area contributed by atoms with Gasteiger partial charge in [0.1, 0.15) is 0 Å². The van der Waals surface area contributed by atoms with E-state index in [9.17, 15) is 18.3 Å². The van der Waals surface area contributed by atoms with Gasteiger partial charge >= 0.3 is 5.97 Å². The Kier molecular flexibility index (Phi) is 4.44. The maximum absolute atomic E-state index is 12.3. The summed E-state index contributed by atoms with van der Waals surface area (Å²) in [6, 6.07) is 6.93. The monoisotopic (exact) mass is 352 g/mol. The van der Waals surface area contributed by atoms with Gasteiger partial charge in [-0.2, -0.15) is 0 Å². The van der Waals surface area contributed by atoms with E-state index in [1.165, 1.54) is 18.4 Å². The molecule has 1 saturated heterocycles. The Morgan fingerprint density at radius 2 is 2.17 bits per heavy atom. The standard InChI is InChI=1S/C17H24N2O4S/c1-18(2)24(22,23)15-7-3-5-13(9-15)10-19-11-14-6-4-8-17(14,12-19)16(20)21/h3,5,7,9,14H,4,6,8,10-12H2,1-2H3,(H,20,21)/t14-,17+/m0/s1. The minimum atomic E-state index is -3.45. The van der Waals surface area contributed by atoms with Gasteiger partial charge in [-0.25, -0.2) is 12.7 Å². The van der Waals surface area contributed by atoms with E-state index in [1.54, 1.807) is 18.2 Å². The zero-order chi connectivity index (χ0) is 17.5. The van der Waals surface area contributed by atoms with Crippen LogP contribution in [0, 0.1) is 11.3 Å². The van der Waals surface area contributed by atoms with Crippen LogP contribution < -0.4 is 0 Å². The maximum atomic E-state index is 12.3. The van der Waals surface area contributed by atoms with Gasteiger partial charge in [-0.3, -0.25) is 9.69 Å². The molecule has 1 saturated carbocycles. The molecule has 24 heavy (non-hydrogen) atoms. The molecule has 0 aromatic heterocycles. The van der Waals surface area contributed by atoms with Gasteiger partial charge in [-0.1, -0.05) is 18.6 Å². The minimum absolute atomic E-state index is 0.212. The topological polar surface area (TPSA) is 77.9 Å². The van der Waals surface area contributed by atoms with E-state index in [-0.39, 0.29) is 10.8 Å². The second-order valence-corrected chi connectivity index (χ2v) is 9.31. The Morgan fingerprint density at radius 1 is 1.42 bits per heavy atom. The Bertz CT molecular complexity index is 747. The third-order valence-electron chi connectivity index (χ3n) is 5.45. The van der Waals surface area contributed by atoms with Crippen LogP contribution in [0.5, 0.6) is 0 Å². The van der Waals surface area contributed by atoms with E-state index in [4.69, 9.17) is 0 Å². The van der Waals surface area contributed by atoms with Gasteiger partial charge in [0.2, 0.25) is 10.0 Å². The molecule has 1 aliphatic carbocycles. The summed E-state index contributed by atoms with van der Waals surface area (Å²) >= 11 is 0. The van der Waals surface area contributed by atoms with Gasteiger partial charge in [0.25, 0.3) is 0 Å². The lowest BCUT2D eigenvalue weighted by Crippen LogP contribution is -2.35. The highest BCUT2D eigenvalue weighted by Gasteiger charge is 2.54. The Morgan fingerprint density at radius 3 is 2.79 bits per heavy atom. The molecule has 2 atom stereocenters. The predicted molar refractivity (Wildman–Crippen MR) is 90.0 cm³/mol. The average Bonchev–Trinajstić information content (AvgIpc) is 3.05. The molecule has 2 aliphatic rings. The number of carboxylic acids is 1. The largest absolute Gasteiger partial charge is 0.481 e. The van der Waals surface area contributed by atoms with E-state index in [0.717, 1.165) is 31.4 Å². The van der Waals surface area contributed by atoms with E-state index in [2.05, 4.69) is 4.90 Å². The van der Waals surface area contributed by atoms with Crippen LogP contribution in [-0.2, 0) is 21.4 Å². The molecule has 0 amide bonds. The predicted octanol–water partition coefficient (Wildman–Crippen LogP) is 1.62. The molecule has 0 bridgehead atoms. The van der Waals surface area contributed by atoms with Crippen LogP contribution in [-0.4, -0.2) is 55.9 Å². The molecule has 1 N–H and O–H groups in total. The molecular formula is C17H24N2O4S. The van der Waals surface area contributed by atoms with Crippen molar-refractivity contribution >= 4 is 16.0 Å². The fraction of sp³-hybridized carbons (Fsp3) is 0.588. The van der Waals surface area contributed by atoms with E-state index >= 15 is 0 Å². The van der Waals surface area contributed by atoms with Crippen molar-refractivity contribution in [1.29, 1.82) is 0 Å². The number of fused-ring (bicyclic) bond motifs is 1. The first-order valence-electron chi connectivity index (χ1n) is 8.23. The fourth-order valence-electron chi connectivity index (χ4n) is 4.14. The first-order chi connectivity index (χ1) is 11.3. The van der Waals surface area contributed by atoms with Crippen LogP contribution in [0.3, 0.4) is 0 Å². The summed E-state index contributed by atoms with van der Waals surface area (Å²) in [7, 11) is -0.425. The lowest BCUT2D eigenvalue weighted by Gasteiger charge is -2.23.